The number of carbonyl (C=O) groups excluding carboxylic acids is 1. The van der Waals surface area contributed by atoms with Crippen LogP contribution >= 0.6 is 0 Å². The van der Waals surface area contributed by atoms with Crippen molar-refractivity contribution in [1.82, 2.24) is 5.06 Å². The maximum Gasteiger partial charge on any atom is 0.493 e. The van der Waals surface area contributed by atoms with Gasteiger partial charge in [-0.15, -0.1) is 0 Å². The summed E-state index contributed by atoms with van der Waals surface area (Å²) in [6.45, 7) is 0. The van der Waals surface area contributed by atoms with Gasteiger partial charge in [0.25, 0.3) is 0 Å². The van der Waals surface area contributed by atoms with Gasteiger partial charge in [-0.2, -0.15) is 18.2 Å². The molecule has 0 N–H and O–H groups in total. The van der Waals surface area contributed by atoms with Crippen molar-refractivity contribution in [2.75, 3.05) is 0 Å². The third-order valence-electron chi connectivity index (χ3n) is 5.50. The first-order valence-corrected chi connectivity index (χ1v) is 10.7. The van der Waals surface area contributed by atoms with E-state index in [0.717, 1.165) is 22.6 Å². The lowest BCUT2D eigenvalue weighted by Gasteiger charge is -2.29. The number of benzene rings is 3. The highest BCUT2D eigenvalue weighted by atomic mass is 19.4. The molecule has 0 fully saturated rings. The Morgan fingerprint density at radius 2 is 1.36 bits per heavy atom. The average molecular weight is 452 g/mol. The van der Waals surface area contributed by atoms with Gasteiger partial charge in [0.1, 0.15) is 17.9 Å². The number of amidine groups is 1. The molecule has 4 rings (SSSR count). The number of rotatable bonds is 7. The lowest BCUT2D eigenvalue weighted by molar-refractivity contribution is -0.230. The molecule has 33 heavy (non-hydrogen) atoms. The minimum atomic E-state index is -5.11. The van der Waals surface area contributed by atoms with Gasteiger partial charge >= 0.3 is 12.1 Å². The number of aliphatic imine (C=N–C) groups is 1. The average Bonchev–Trinajstić information content (AvgIpc) is 3.18. The number of hydroxylamine groups is 2. The number of nitrogens with zero attached hydrogens (tertiary/aromatic N) is 2. The molecule has 3 aromatic rings. The molecule has 0 spiro atoms. The summed E-state index contributed by atoms with van der Waals surface area (Å²) in [5.41, 5.74) is 2.66. The van der Waals surface area contributed by atoms with E-state index in [2.05, 4.69) is 0 Å². The molecule has 0 saturated carbocycles. The SMILES string of the molecule is O=C(ON1C(CCCc2ccccc2)=NC(c2ccccc2)C1c1ccccc1)C(F)(F)F. The quantitative estimate of drug-likeness (QED) is 0.427. The van der Waals surface area contributed by atoms with E-state index >= 15 is 0 Å². The van der Waals surface area contributed by atoms with Gasteiger partial charge in [-0.1, -0.05) is 91.0 Å². The van der Waals surface area contributed by atoms with Crippen LogP contribution in [0.3, 0.4) is 0 Å². The summed E-state index contributed by atoms with van der Waals surface area (Å²) in [7, 11) is 0. The van der Waals surface area contributed by atoms with Crippen LogP contribution in [0.1, 0.15) is 41.6 Å². The molecule has 1 aliphatic heterocycles. The van der Waals surface area contributed by atoms with Crippen LogP contribution in [0.4, 0.5) is 13.2 Å². The number of hydrogen-bond donors (Lipinski definition) is 0. The van der Waals surface area contributed by atoms with Gasteiger partial charge in [0.05, 0.1) is 0 Å². The summed E-state index contributed by atoms with van der Waals surface area (Å²) in [5, 5.41) is 1.06. The second-order valence-corrected chi connectivity index (χ2v) is 7.80. The highest BCUT2D eigenvalue weighted by Crippen LogP contribution is 2.43. The molecule has 3 aromatic carbocycles. The summed E-state index contributed by atoms with van der Waals surface area (Å²) in [6.07, 6.45) is -3.37. The summed E-state index contributed by atoms with van der Waals surface area (Å²) in [5.74, 6) is -1.93. The summed E-state index contributed by atoms with van der Waals surface area (Å²) in [4.78, 5) is 21.5. The molecule has 170 valence electrons. The Labute approximate surface area is 190 Å². The van der Waals surface area contributed by atoms with Gasteiger partial charge in [-0.05, 0) is 29.5 Å². The molecule has 4 nitrogen and oxygen atoms in total. The molecule has 1 heterocycles. The van der Waals surface area contributed by atoms with Gasteiger partial charge in [-0.25, -0.2) is 4.79 Å². The first kappa shape index (κ1) is 22.6. The Morgan fingerprint density at radius 3 is 1.94 bits per heavy atom. The normalized spacial score (nSPS) is 18.2. The number of hydrogen-bond acceptors (Lipinski definition) is 4. The van der Waals surface area contributed by atoms with Crippen molar-refractivity contribution in [3.05, 3.63) is 108 Å². The van der Waals surface area contributed by atoms with E-state index in [0.29, 0.717) is 24.2 Å². The van der Waals surface area contributed by atoms with Gasteiger partial charge in [-0.3, -0.25) is 4.99 Å². The van der Waals surface area contributed by atoms with Crippen LogP contribution in [0, 0.1) is 0 Å². The van der Waals surface area contributed by atoms with E-state index in [-0.39, 0.29) is 0 Å². The van der Waals surface area contributed by atoms with Crippen molar-refractivity contribution in [2.24, 2.45) is 4.99 Å². The molecular formula is C26H23F3N2O2. The highest BCUT2D eigenvalue weighted by Gasteiger charge is 2.47. The number of carbonyl (C=O) groups is 1. The Hall–Kier alpha value is -3.61. The zero-order valence-corrected chi connectivity index (χ0v) is 17.8. The van der Waals surface area contributed by atoms with Gasteiger partial charge < -0.3 is 4.84 Å². The molecule has 1 aliphatic rings. The second-order valence-electron chi connectivity index (χ2n) is 7.80. The van der Waals surface area contributed by atoms with Gasteiger partial charge in [0.15, 0.2) is 0 Å². The van der Waals surface area contributed by atoms with Crippen LogP contribution in [0.5, 0.6) is 0 Å². The molecule has 2 unspecified atom stereocenters. The molecule has 0 aromatic heterocycles. The van der Waals surface area contributed by atoms with Crippen LogP contribution in [-0.2, 0) is 16.1 Å². The number of aryl methyl sites for hydroxylation is 1. The Bertz CT molecular complexity index is 1090. The lowest BCUT2D eigenvalue weighted by Crippen LogP contribution is -2.39. The van der Waals surface area contributed by atoms with Crippen LogP contribution in [0.15, 0.2) is 96.0 Å². The predicted molar refractivity (Wildman–Crippen MR) is 119 cm³/mol. The van der Waals surface area contributed by atoms with Crippen LogP contribution < -0.4 is 0 Å². The summed E-state index contributed by atoms with van der Waals surface area (Å²) in [6, 6.07) is 26.9. The van der Waals surface area contributed by atoms with E-state index < -0.39 is 24.2 Å². The molecule has 2 atom stereocenters. The lowest BCUT2D eigenvalue weighted by atomic mass is 9.95. The maximum absolute atomic E-state index is 13.1. The van der Waals surface area contributed by atoms with Crippen molar-refractivity contribution < 1.29 is 22.8 Å². The highest BCUT2D eigenvalue weighted by molar-refractivity contribution is 5.86. The van der Waals surface area contributed by atoms with Crippen molar-refractivity contribution in [3.63, 3.8) is 0 Å². The fourth-order valence-electron chi connectivity index (χ4n) is 3.97. The first-order chi connectivity index (χ1) is 15.9. The maximum atomic E-state index is 13.1. The van der Waals surface area contributed by atoms with Gasteiger partial charge in [0.2, 0.25) is 0 Å². The number of halogens is 3. The molecule has 0 bridgehead atoms. The predicted octanol–water partition coefficient (Wildman–Crippen LogP) is 6.23. The monoisotopic (exact) mass is 452 g/mol. The van der Waals surface area contributed by atoms with E-state index in [9.17, 15) is 18.0 Å². The minimum Gasteiger partial charge on any atom is -0.330 e. The fourth-order valence-corrected chi connectivity index (χ4v) is 3.97. The number of alkyl halides is 3. The summed E-state index contributed by atoms with van der Waals surface area (Å²) >= 11 is 0. The third-order valence-corrected chi connectivity index (χ3v) is 5.50. The fraction of sp³-hybridized carbons (Fsp3) is 0.231. The summed E-state index contributed by atoms with van der Waals surface area (Å²) < 4.78 is 39.3. The van der Waals surface area contributed by atoms with E-state index in [4.69, 9.17) is 9.83 Å². The first-order valence-electron chi connectivity index (χ1n) is 10.7. The van der Waals surface area contributed by atoms with Gasteiger partial charge in [0, 0.05) is 6.42 Å². The Morgan fingerprint density at radius 1 is 0.818 bits per heavy atom. The van der Waals surface area contributed by atoms with E-state index in [1.165, 1.54) is 0 Å². The molecule has 0 radical (unpaired) electrons. The van der Waals surface area contributed by atoms with E-state index in [1.54, 1.807) is 24.3 Å². The molecule has 0 saturated heterocycles. The Kier molecular flexibility index (Phi) is 6.77. The van der Waals surface area contributed by atoms with Crippen molar-refractivity contribution in [3.8, 4) is 0 Å². The van der Waals surface area contributed by atoms with E-state index in [1.807, 2.05) is 66.7 Å². The zero-order valence-electron chi connectivity index (χ0n) is 17.8. The minimum absolute atomic E-state index is 0.325. The van der Waals surface area contributed by atoms with Crippen molar-refractivity contribution >= 4 is 11.8 Å². The topological polar surface area (TPSA) is 41.9 Å². The molecule has 0 amide bonds. The third kappa shape index (κ3) is 5.42. The standard InChI is InChI=1S/C26H23F3N2O2/c27-26(28,29)25(32)33-31-22(18-10-13-19-11-4-1-5-12-19)30-23(20-14-6-2-7-15-20)24(31)21-16-8-3-9-17-21/h1-9,11-12,14-17,23-24H,10,13,18H2. The van der Waals surface area contributed by atoms with Crippen LogP contribution in [0.25, 0.3) is 0 Å². The van der Waals surface area contributed by atoms with Crippen molar-refractivity contribution in [2.45, 2.75) is 37.5 Å². The Balaban J connectivity index is 1.66. The molecule has 0 aliphatic carbocycles. The smallest absolute Gasteiger partial charge is 0.330 e. The second kappa shape index (κ2) is 9.90. The molecule has 7 heteroatoms. The van der Waals surface area contributed by atoms with Crippen LogP contribution in [0.2, 0.25) is 0 Å². The largest absolute Gasteiger partial charge is 0.493 e. The van der Waals surface area contributed by atoms with Crippen molar-refractivity contribution in [1.29, 1.82) is 0 Å². The zero-order chi connectivity index (χ0) is 23.3. The molecular weight excluding hydrogens is 429 g/mol. The van der Waals surface area contributed by atoms with Crippen LogP contribution in [-0.4, -0.2) is 23.0 Å².